The number of nitrogens with zero attached hydrogens (tertiary/aromatic N) is 2. The molecule has 1 unspecified atom stereocenters. The van der Waals surface area contributed by atoms with Crippen LogP contribution in [0, 0.1) is 5.82 Å². The normalized spacial score (nSPS) is 17.5. The molecule has 4 nitrogen and oxygen atoms in total. The lowest BCUT2D eigenvalue weighted by molar-refractivity contribution is 0.0965. The largest absolute Gasteiger partial charge is 0.376 e. The van der Waals surface area contributed by atoms with Gasteiger partial charge in [0.1, 0.15) is 11.6 Å². The first-order chi connectivity index (χ1) is 11.7. The first-order valence-electron chi connectivity index (χ1n) is 8.09. The van der Waals surface area contributed by atoms with E-state index >= 15 is 0 Å². The van der Waals surface area contributed by atoms with Crippen LogP contribution in [0.4, 0.5) is 4.39 Å². The van der Waals surface area contributed by atoms with Gasteiger partial charge in [0.2, 0.25) is 0 Å². The van der Waals surface area contributed by atoms with Gasteiger partial charge >= 0.3 is 0 Å². The minimum Gasteiger partial charge on any atom is -0.376 e. The van der Waals surface area contributed by atoms with E-state index in [0.29, 0.717) is 23.3 Å². The van der Waals surface area contributed by atoms with Crippen LogP contribution in [0.5, 0.6) is 0 Å². The summed E-state index contributed by atoms with van der Waals surface area (Å²) in [7, 11) is 0. The van der Waals surface area contributed by atoms with E-state index in [9.17, 15) is 9.18 Å². The van der Waals surface area contributed by atoms with Crippen LogP contribution < -0.4 is 5.56 Å². The van der Waals surface area contributed by atoms with Gasteiger partial charge in [0.15, 0.2) is 0 Å². The third kappa shape index (κ3) is 2.71. The molecule has 1 fully saturated rings. The van der Waals surface area contributed by atoms with Gasteiger partial charge in [-0.3, -0.25) is 9.36 Å². The minimum absolute atomic E-state index is 0.0184. The third-order valence-electron chi connectivity index (χ3n) is 4.37. The monoisotopic (exact) mass is 324 g/mol. The molecule has 3 aromatic rings. The van der Waals surface area contributed by atoms with Crippen molar-refractivity contribution in [2.24, 2.45) is 0 Å². The van der Waals surface area contributed by atoms with Crippen molar-refractivity contribution in [2.75, 3.05) is 6.61 Å². The Kier molecular flexibility index (Phi) is 3.86. The molecule has 0 aliphatic carbocycles. The molecule has 0 amide bonds. The SMILES string of the molecule is O=c1c2ccccc2nc(-c2ccc(F)cc2)n1CC1CCCO1. The molecule has 1 saturated heterocycles. The van der Waals surface area contributed by atoms with Crippen molar-refractivity contribution in [2.45, 2.75) is 25.5 Å². The highest BCUT2D eigenvalue weighted by Crippen LogP contribution is 2.22. The molecule has 0 N–H and O–H groups in total. The van der Waals surface area contributed by atoms with E-state index in [4.69, 9.17) is 4.74 Å². The van der Waals surface area contributed by atoms with Crippen molar-refractivity contribution >= 4 is 10.9 Å². The lowest BCUT2D eigenvalue weighted by Gasteiger charge is -2.17. The van der Waals surface area contributed by atoms with Crippen molar-refractivity contribution in [3.8, 4) is 11.4 Å². The second kappa shape index (κ2) is 6.17. The zero-order chi connectivity index (χ0) is 16.5. The van der Waals surface area contributed by atoms with Crippen LogP contribution >= 0.6 is 0 Å². The molecule has 0 saturated carbocycles. The van der Waals surface area contributed by atoms with Crippen LogP contribution in [0.1, 0.15) is 12.8 Å². The summed E-state index contributed by atoms with van der Waals surface area (Å²) in [5.74, 6) is 0.238. The van der Waals surface area contributed by atoms with Crippen molar-refractivity contribution in [1.82, 2.24) is 9.55 Å². The zero-order valence-corrected chi connectivity index (χ0v) is 13.1. The summed E-state index contributed by atoms with van der Waals surface area (Å²) in [5.41, 5.74) is 1.28. The molecule has 1 aliphatic heterocycles. The van der Waals surface area contributed by atoms with E-state index in [1.165, 1.54) is 12.1 Å². The van der Waals surface area contributed by atoms with Gasteiger partial charge < -0.3 is 4.74 Å². The first-order valence-corrected chi connectivity index (χ1v) is 8.09. The van der Waals surface area contributed by atoms with Gasteiger partial charge in [-0.25, -0.2) is 9.37 Å². The topological polar surface area (TPSA) is 44.1 Å². The molecule has 5 heteroatoms. The number of benzene rings is 2. The summed E-state index contributed by atoms with van der Waals surface area (Å²) in [6, 6.07) is 13.4. The fourth-order valence-electron chi connectivity index (χ4n) is 3.15. The average Bonchev–Trinajstić information content (AvgIpc) is 3.11. The van der Waals surface area contributed by atoms with E-state index in [0.717, 1.165) is 25.0 Å². The molecule has 1 aliphatic rings. The summed E-state index contributed by atoms with van der Waals surface area (Å²) in [5, 5.41) is 0.585. The Labute approximate surface area is 138 Å². The van der Waals surface area contributed by atoms with E-state index in [1.54, 1.807) is 22.8 Å². The number of rotatable bonds is 3. The Hall–Kier alpha value is -2.53. The predicted molar refractivity (Wildman–Crippen MR) is 90.4 cm³/mol. The fraction of sp³-hybridized carbons (Fsp3) is 0.263. The maximum atomic E-state index is 13.3. The summed E-state index contributed by atoms with van der Waals surface area (Å²) < 4.78 is 20.6. The number of ether oxygens (including phenoxy) is 1. The number of aromatic nitrogens is 2. The highest BCUT2D eigenvalue weighted by Gasteiger charge is 2.20. The quantitative estimate of drug-likeness (QED) is 0.742. The van der Waals surface area contributed by atoms with Gasteiger partial charge in [-0.15, -0.1) is 0 Å². The molecule has 24 heavy (non-hydrogen) atoms. The summed E-state index contributed by atoms with van der Waals surface area (Å²) >= 11 is 0. The standard InChI is InChI=1S/C19H17FN2O2/c20-14-9-7-13(8-10-14)18-21-17-6-2-1-5-16(17)19(23)22(18)12-15-4-3-11-24-15/h1-2,5-10,15H,3-4,11-12H2. The lowest BCUT2D eigenvalue weighted by Crippen LogP contribution is -2.28. The maximum Gasteiger partial charge on any atom is 0.261 e. The molecule has 1 atom stereocenters. The van der Waals surface area contributed by atoms with Crippen LogP contribution in [0.25, 0.3) is 22.3 Å². The summed E-state index contributed by atoms with van der Waals surface area (Å²) in [6.07, 6.45) is 1.96. The molecule has 4 rings (SSSR count). The number of hydrogen-bond donors (Lipinski definition) is 0. The van der Waals surface area contributed by atoms with Crippen LogP contribution in [0.15, 0.2) is 53.3 Å². The smallest absolute Gasteiger partial charge is 0.261 e. The van der Waals surface area contributed by atoms with Crippen LogP contribution in [0.3, 0.4) is 0 Å². The molecule has 122 valence electrons. The van der Waals surface area contributed by atoms with Gasteiger partial charge in [-0.1, -0.05) is 12.1 Å². The van der Waals surface area contributed by atoms with E-state index in [2.05, 4.69) is 4.98 Å². The third-order valence-corrected chi connectivity index (χ3v) is 4.37. The zero-order valence-electron chi connectivity index (χ0n) is 13.1. The van der Waals surface area contributed by atoms with Crippen LogP contribution in [-0.4, -0.2) is 22.3 Å². The maximum absolute atomic E-state index is 13.3. The highest BCUT2D eigenvalue weighted by molar-refractivity contribution is 5.79. The van der Waals surface area contributed by atoms with Crippen molar-refractivity contribution in [1.29, 1.82) is 0 Å². The van der Waals surface area contributed by atoms with Gasteiger partial charge in [0, 0.05) is 12.2 Å². The van der Waals surface area contributed by atoms with Gasteiger partial charge in [0.25, 0.3) is 5.56 Å². The molecule has 0 spiro atoms. The van der Waals surface area contributed by atoms with Crippen LogP contribution in [0.2, 0.25) is 0 Å². The molecule has 0 radical (unpaired) electrons. The van der Waals surface area contributed by atoms with Gasteiger partial charge in [-0.2, -0.15) is 0 Å². The van der Waals surface area contributed by atoms with Crippen molar-refractivity contribution in [3.63, 3.8) is 0 Å². The van der Waals surface area contributed by atoms with Gasteiger partial charge in [0.05, 0.1) is 23.6 Å². The van der Waals surface area contributed by atoms with E-state index < -0.39 is 0 Å². The van der Waals surface area contributed by atoms with E-state index in [-0.39, 0.29) is 17.5 Å². The van der Waals surface area contributed by atoms with Crippen molar-refractivity contribution in [3.05, 3.63) is 64.7 Å². The van der Waals surface area contributed by atoms with Crippen LogP contribution in [-0.2, 0) is 11.3 Å². The molecule has 2 heterocycles. The number of para-hydroxylation sites is 1. The number of halogens is 1. The van der Waals surface area contributed by atoms with Crippen molar-refractivity contribution < 1.29 is 9.13 Å². The predicted octanol–water partition coefficient (Wildman–Crippen LogP) is 3.38. The molecule has 0 bridgehead atoms. The second-order valence-corrected chi connectivity index (χ2v) is 6.01. The molecule has 1 aromatic heterocycles. The van der Waals surface area contributed by atoms with Gasteiger partial charge in [-0.05, 0) is 49.2 Å². The Balaban J connectivity index is 1.91. The Morgan fingerprint density at radius 2 is 1.96 bits per heavy atom. The molecule has 2 aromatic carbocycles. The molecular formula is C19H17FN2O2. The highest BCUT2D eigenvalue weighted by atomic mass is 19.1. The second-order valence-electron chi connectivity index (χ2n) is 6.01. The summed E-state index contributed by atoms with van der Waals surface area (Å²) in [4.78, 5) is 17.6. The average molecular weight is 324 g/mol. The Bertz CT molecular complexity index is 928. The number of fused-ring (bicyclic) bond motifs is 1. The minimum atomic E-state index is -0.312. The van der Waals surface area contributed by atoms with E-state index in [1.807, 2.05) is 18.2 Å². The molecular weight excluding hydrogens is 307 g/mol. The summed E-state index contributed by atoms with van der Waals surface area (Å²) in [6.45, 7) is 1.19. The Morgan fingerprint density at radius 1 is 1.17 bits per heavy atom. The first kappa shape index (κ1) is 15.0. The Morgan fingerprint density at radius 3 is 2.71 bits per heavy atom. The fourth-order valence-corrected chi connectivity index (χ4v) is 3.15. The lowest BCUT2D eigenvalue weighted by atomic mass is 10.1. The number of hydrogen-bond acceptors (Lipinski definition) is 3.